The van der Waals surface area contributed by atoms with Gasteiger partial charge >= 0.3 is 5.97 Å². The van der Waals surface area contributed by atoms with Gasteiger partial charge in [-0.1, -0.05) is 0 Å². The van der Waals surface area contributed by atoms with Gasteiger partial charge in [-0.3, -0.25) is 19.2 Å². The SMILES string of the molecule is NC(=O)CCC(NC(=O)C1CCCN1)C(=O)NC(CS)C(=O)NC(Cc1cnc[nH]1)C(=O)O. The molecule has 1 aromatic rings. The number of carboxylic acids is 1. The number of rotatable bonds is 13. The second-order valence-electron chi connectivity index (χ2n) is 7.64. The Morgan fingerprint density at radius 3 is 2.39 bits per heavy atom. The number of hydrogen-bond donors (Lipinski definition) is 8. The Morgan fingerprint density at radius 1 is 1.15 bits per heavy atom. The fraction of sp³-hybridized carbons (Fsp3) is 0.579. The fourth-order valence-corrected chi connectivity index (χ4v) is 3.55. The van der Waals surface area contributed by atoms with Crippen LogP contribution in [-0.4, -0.2) is 81.1 Å². The van der Waals surface area contributed by atoms with Gasteiger partial charge in [-0.15, -0.1) is 0 Å². The topological polar surface area (TPSA) is 208 Å². The number of hydrogen-bond acceptors (Lipinski definition) is 8. The molecule has 0 aliphatic carbocycles. The van der Waals surface area contributed by atoms with Gasteiger partial charge in [0.25, 0.3) is 0 Å². The predicted molar refractivity (Wildman–Crippen MR) is 119 cm³/mol. The number of carbonyl (C=O) groups is 5. The van der Waals surface area contributed by atoms with E-state index in [0.717, 1.165) is 6.42 Å². The first-order chi connectivity index (χ1) is 15.7. The van der Waals surface area contributed by atoms with Crippen LogP contribution in [0.5, 0.6) is 0 Å². The molecule has 0 saturated carbocycles. The normalized spacial score (nSPS) is 18.0. The van der Waals surface area contributed by atoms with E-state index in [1.165, 1.54) is 12.5 Å². The minimum Gasteiger partial charge on any atom is -0.480 e. The van der Waals surface area contributed by atoms with Crippen LogP contribution in [0.4, 0.5) is 0 Å². The second-order valence-corrected chi connectivity index (χ2v) is 8.00. The molecular formula is C19H29N7O6S. The number of thiol groups is 1. The molecule has 2 heterocycles. The molecule has 14 heteroatoms. The van der Waals surface area contributed by atoms with E-state index in [-0.39, 0.29) is 25.0 Å². The number of H-pyrrole nitrogens is 1. The highest BCUT2D eigenvalue weighted by atomic mass is 32.1. The van der Waals surface area contributed by atoms with Gasteiger partial charge in [-0.2, -0.15) is 12.6 Å². The summed E-state index contributed by atoms with van der Waals surface area (Å²) in [4.78, 5) is 67.2. The molecule has 33 heavy (non-hydrogen) atoms. The van der Waals surface area contributed by atoms with Crippen LogP contribution in [0.1, 0.15) is 31.4 Å². The maximum atomic E-state index is 12.8. The average Bonchev–Trinajstić information content (AvgIpc) is 3.48. The molecule has 4 atom stereocenters. The van der Waals surface area contributed by atoms with Gasteiger partial charge in [0.1, 0.15) is 18.1 Å². The van der Waals surface area contributed by atoms with Crippen molar-refractivity contribution in [2.75, 3.05) is 12.3 Å². The van der Waals surface area contributed by atoms with Crippen molar-refractivity contribution < 1.29 is 29.1 Å². The summed E-state index contributed by atoms with van der Waals surface area (Å²) < 4.78 is 0. The van der Waals surface area contributed by atoms with Crippen molar-refractivity contribution in [3.8, 4) is 0 Å². The average molecular weight is 484 g/mol. The molecule has 13 nitrogen and oxygen atoms in total. The Labute approximate surface area is 195 Å². The van der Waals surface area contributed by atoms with Crippen molar-refractivity contribution in [1.82, 2.24) is 31.2 Å². The molecule has 4 amide bonds. The molecular weight excluding hydrogens is 454 g/mol. The van der Waals surface area contributed by atoms with Crippen LogP contribution in [-0.2, 0) is 30.4 Å². The highest BCUT2D eigenvalue weighted by molar-refractivity contribution is 7.80. The standard InChI is InChI=1S/C19H29N7O6S/c20-15(27)4-3-12(24-16(28)11-2-1-5-22-11)17(29)26-14(8-33)18(30)25-13(19(31)32)6-10-7-21-9-23-10/h7,9,11-14,22,33H,1-6,8H2,(H2,20,27)(H,21,23)(H,24,28)(H,25,30)(H,26,29)(H,31,32). The molecule has 1 aliphatic rings. The van der Waals surface area contributed by atoms with Crippen LogP contribution >= 0.6 is 12.6 Å². The van der Waals surface area contributed by atoms with Crippen molar-refractivity contribution in [2.45, 2.75) is 56.3 Å². The van der Waals surface area contributed by atoms with E-state index in [4.69, 9.17) is 5.73 Å². The van der Waals surface area contributed by atoms with E-state index in [1.807, 2.05) is 0 Å². The lowest BCUT2D eigenvalue weighted by atomic mass is 10.1. The number of nitrogens with zero attached hydrogens (tertiary/aromatic N) is 1. The summed E-state index contributed by atoms with van der Waals surface area (Å²) in [7, 11) is 0. The third kappa shape index (κ3) is 8.38. The molecule has 1 aliphatic heterocycles. The summed E-state index contributed by atoms with van der Waals surface area (Å²) in [6.45, 7) is 0.682. The minimum absolute atomic E-state index is 0.0417. The molecule has 0 radical (unpaired) electrons. The Bertz CT molecular complexity index is 844. The third-order valence-electron chi connectivity index (χ3n) is 5.10. The predicted octanol–water partition coefficient (Wildman–Crippen LogP) is -2.56. The molecule has 0 aromatic carbocycles. The number of nitrogens with two attached hydrogens (primary N) is 1. The summed E-state index contributed by atoms with van der Waals surface area (Å²) in [6, 6.07) is -4.00. The minimum atomic E-state index is -1.27. The summed E-state index contributed by atoms with van der Waals surface area (Å²) in [5, 5.41) is 19.8. The van der Waals surface area contributed by atoms with E-state index in [9.17, 15) is 29.1 Å². The van der Waals surface area contributed by atoms with Crippen LogP contribution in [0.2, 0.25) is 0 Å². The smallest absolute Gasteiger partial charge is 0.326 e. The number of aliphatic carboxylic acids is 1. The lowest BCUT2D eigenvalue weighted by Gasteiger charge is -2.24. The van der Waals surface area contributed by atoms with E-state index < -0.39 is 53.8 Å². The maximum Gasteiger partial charge on any atom is 0.326 e. The molecule has 1 fully saturated rings. The Kier molecular flexibility index (Phi) is 10.1. The first kappa shape index (κ1) is 26.1. The van der Waals surface area contributed by atoms with Crippen molar-refractivity contribution in [3.63, 3.8) is 0 Å². The molecule has 1 saturated heterocycles. The first-order valence-corrected chi connectivity index (χ1v) is 11.1. The van der Waals surface area contributed by atoms with E-state index in [2.05, 4.69) is 43.9 Å². The summed E-state index contributed by atoms with van der Waals surface area (Å²) >= 11 is 4.08. The summed E-state index contributed by atoms with van der Waals surface area (Å²) in [5.41, 5.74) is 5.68. The van der Waals surface area contributed by atoms with E-state index in [1.54, 1.807) is 0 Å². The highest BCUT2D eigenvalue weighted by Gasteiger charge is 2.31. The van der Waals surface area contributed by atoms with Crippen LogP contribution in [0, 0.1) is 0 Å². The number of carbonyl (C=O) groups excluding carboxylic acids is 4. The van der Waals surface area contributed by atoms with E-state index in [0.29, 0.717) is 18.7 Å². The lowest BCUT2D eigenvalue weighted by molar-refractivity contribution is -0.142. The second kappa shape index (κ2) is 12.8. The molecule has 1 aromatic heterocycles. The van der Waals surface area contributed by atoms with Gasteiger partial charge in [0.05, 0.1) is 12.4 Å². The number of aromatic amines is 1. The largest absolute Gasteiger partial charge is 0.480 e. The van der Waals surface area contributed by atoms with Crippen molar-refractivity contribution in [2.24, 2.45) is 5.73 Å². The van der Waals surface area contributed by atoms with Gasteiger partial charge in [-0.05, 0) is 25.8 Å². The highest BCUT2D eigenvalue weighted by Crippen LogP contribution is 2.07. The molecule has 8 N–H and O–H groups in total. The number of amides is 4. The molecule has 0 spiro atoms. The van der Waals surface area contributed by atoms with Gasteiger partial charge in [0.2, 0.25) is 23.6 Å². The van der Waals surface area contributed by atoms with Crippen LogP contribution in [0.15, 0.2) is 12.5 Å². The monoisotopic (exact) mass is 483 g/mol. The molecule has 4 unspecified atom stereocenters. The zero-order chi connectivity index (χ0) is 24.4. The quantitative estimate of drug-likeness (QED) is 0.140. The molecule has 0 bridgehead atoms. The van der Waals surface area contributed by atoms with Crippen LogP contribution in [0.3, 0.4) is 0 Å². The van der Waals surface area contributed by atoms with Gasteiger partial charge < -0.3 is 37.1 Å². The van der Waals surface area contributed by atoms with Crippen molar-refractivity contribution in [3.05, 3.63) is 18.2 Å². The number of imidazole rings is 1. The summed E-state index contributed by atoms with van der Waals surface area (Å²) in [6.07, 6.45) is 4.00. The fourth-order valence-electron chi connectivity index (χ4n) is 3.29. The molecule has 182 valence electrons. The Hall–Kier alpha value is -3.13. The van der Waals surface area contributed by atoms with Crippen LogP contribution in [0.25, 0.3) is 0 Å². The van der Waals surface area contributed by atoms with Crippen molar-refractivity contribution >= 4 is 42.2 Å². The van der Waals surface area contributed by atoms with Crippen molar-refractivity contribution in [1.29, 1.82) is 0 Å². The number of nitrogens with one attached hydrogen (secondary N) is 5. The number of primary amides is 1. The zero-order valence-electron chi connectivity index (χ0n) is 17.9. The lowest BCUT2D eigenvalue weighted by Crippen LogP contribution is -2.57. The van der Waals surface area contributed by atoms with Gasteiger partial charge in [-0.25, -0.2) is 9.78 Å². The number of carboxylic acid groups (broad SMARTS) is 1. The Balaban J connectivity index is 2.01. The number of aromatic nitrogens is 2. The Morgan fingerprint density at radius 2 is 1.85 bits per heavy atom. The van der Waals surface area contributed by atoms with E-state index >= 15 is 0 Å². The zero-order valence-corrected chi connectivity index (χ0v) is 18.8. The molecule has 2 rings (SSSR count). The van der Waals surface area contributed by atoms with Gasteiger partial charge in [0.15, 0.2) is 0 Å². The van der Waals surface area contributed by atoms with Crippen LogP contribution < -0.4 is 27.0 Å². The summed E-state index contributed by atoms with van der Waals surface area (Å²) in [5.74, 6) is -3.91. The van der Waals surface area contributed by atoms with Gasteiger partial charge in [0, 0.05) is 30.5 Å². The maximum absolute atomic E-state index is 12.8. The first-order valence-electron chi connectivity index (χ1n) is 10.4. The third-order valence-corrected chi connectivity index (χ3v) is 5.46.